The molecule has 1 aliphatic rings. The van der Waals surface area contributed by atoms with Crippen molar-refractivity contribution in [1.82, 2.24) is 0 Å². The minimum absolute atomic E-state index is 0.0424. The molecular weight excluding hydrogens is 238 g/mol. The number of carbonyl (C=O) groups is 1. The SMILES string of the molecule is CCCCCCC(=O)C(F)(F)C1(O)CCCCC1. The van der Waals surface area contributed by atoms with Crippen LogP contribution in [0, 0.1) is 0 Å². The highest BCUT2D eigenvalue weighted by molar-refractivity contribution is 5.87. The smallest absolute Gasteiger partial charge is 0.333 e. The van der Waals surface area contributed by atoms with Crippen molar-refractivity contribution in [3.63, 3.8) is 0 Å². The summed E-state index contributed by atoms with van der Waals surface area (Å²) in [6.45, 7) is 2.03. The Hall–Kier alpha value is -0.510. The standard InChI is InChI=1S/C14H24F2O2/c1-2-3-4-6-9-12(17)14(15,16)13(18)10-7-5-8-11-13/h18H,2-11H2,1H3. The first-order valence-corrected chi connectivity index (χ1v) is 7.07. The molecule has 0 aliphatic heterocycles. The Morgan fingerprint density at radius 1 is 1.17 bits per heavy atom. The van der Waals surface area contributed by atoms with Crippen LogP contribution < -0.4 is 0 Å². The van der Waals surface area contributed by atoms with Crippen LogP contribution in [-0.2, 0) is 4.79 Å². The van der Waals surface area contributed by atoms with Crippen molar-refractivity contribution in [3.8, 4) is 0 Å². The van der Waals surface area contributed by atoms with E-state index in [2.05, 4.69) is 0 Å². The average molecular weight is 262 g/mol. The first kappa shape index (κ1) is 15.5. The van der Waals surface area contributed by atoms with E-state index in [1.54, 1.807) is 0 Å². The molecule has 0 aromatic carbocycles. The zero-order valence-corrected chi connectivity index (χ0v) is 11.2. The summed E-state index contributed by atoms with van der Waals surface area (Å²) in [6, 6.07) is 0. The molecule has 1 aliphatic carbocycles. The first-order chi connectivity index (χ1) is 8.44. The van der Waals surface area contributed by atoms with Gasteiger partial charge in [0.1, 0.15) is 5.60 Å². The quantitative estimate of drug-likeness (QED) is 0.707. The van der Waals surface area contributed by atoms with E-state index in [1.807, 2.05) is 6.92 Å². The summed E-state index contributed by atoms with van der Waals surface area (Å²) in [5.41, 5.74) is -2.09. The lowest BCUT2D eigenvalue weighted by atomic mass is 9.78. The highest BCUT2D eigenvalue weighted by Gasteiger charge is 2.57. The number of aliphatic hydroxyl groups is 1. The van der Waals surface area contributed by atoms with Gasteiger partial charge in [-0.15, -0.1) is 0 Å². The van der Waals surface area contributed by atoms with Crippen molar-refractivity contribution in [2.45, 2.75) is 82.7 Å². The number of halogens is 2. The van der Waals surface area contributed by atoms with Gasteiger partial charge in [-0.2, -0.15) is 8.78 Å². The van der Waals surface area contributed by atoms with Crippen molar-refractivity contribution in [3.05, 3.63) is 0 Å². The number of Topliss-reactive ketones (excluding diaryl/α,β-unsaturated/α-hetero) is 1. The molecule has 18 heavy (non-hydrogen) atoms. The average Bonchev–Trinajstić information content (AvgIpc) is 2.35. The van der Waals surface area contributed by atoms with E-state index >= 15 is 0 Å². The topological polar surface area (TPSA) is 37.3 Å². The van der Waals surface area contributed by atoms with Crippen LogP contribution in [0.2, 0.25) is 0 Å². The summed E-state index contributed by atoms with van der Waals surface area (Å²) >= 11 is 0. The number of alkyl halides is 2. The van der Waals surface area contributed by atoms with Crippen LogP contribution in [0.1, 0.15) is 71.1 Å². The zero-order chi connectivity index (χ0) is 13.6. The van der Waals surface area contributed by atoms with Gasteiger partial charge in [-0.05, 0) is 19.3 Å². The third-order valence-electron chi connectivity index (χ3n) is 3.87. The minimum atomic E-state index is -3.57. The minimum Gasteiger partial charge on any atom is -0.383 e. The molecule has 0 amide bonds. The van der Waals surface area contributed by atoms with Gasteiger partial charge in [-0.1, -0.05) is 45.4 Å². The van der Waals surface area contributed by atoms with Gasteiger partial charge in [0.25, 0.3) is 0 Å². The molecule has 0 radical (unpaired) electrons. The summed E-state index contributed by atoms with van der Waals surface area (Å²) in [5, 5.41) is 10.0. The lowest BCUT2D eigenvalue weighted by Gasteiger charge is -2.37. The number of rotatable bonds is 7. The van der Waals surface area contributed by atoms with Gasteiger partial charge in [0.05, 0.1) is 0 Å². The number of hydrogen-bond acceptors (Lipinski definition) is 2. The summed E-state index contributed by atoms with van der Waals surface area (Å²) in [4.78, 5) is 11.6. The highest BCUT2D eigenvalue weighted by Crippen LogP contribution is 2.41. The summed E-state index contributed by atoms with van der Waals surface area (Å²) in [7, 11) is 0. The fourth-order valence-corrected chi connectivity index (χ4v) is 2.58. The Kier molecular flexibility index (Phi) is 5.70. The van der Waals surface area contributed by atoms with E-state index in [0.717, 1.165) is 25.7 Å². The fourth-order valence-electron chi connectivity index (χ4n) is 2.58. The maximum atomic E-state index is 14.0. The van der Waals surface area contributed by atoms with Crippen LogP contribution in [0.4, 0.5) is 8.78 Å². The molecule has 4 heteroatoms. The molecule has 0 heterocycles. The van der Waals surface area contributed by atoms with Crippen molar-refractivity contribution in [2.75, 3.05) is 0 Å². The monoisotopic (exact) mass is 262 g/mol. The third kappa shape index (κ3) is 3.50. The predicted molar refractivity (Wildman–Crippen MR) is 66.7 cm³/mol. The predicted octanol–water partition coefficient (Wildman–Crippen LogP) is 3.86. The molecule has 106 valence electrons. The molecule has 0 aromatic rings. The maximum Gasteiger partial charge on any atom is 0.333 e. The van der Waals surface area contributed by atoms with Crippen LogP contribution in [0.25, 0.3) is 0 Å². The largest absolute Gasteiger partial charge is 0.383 e. The van der Waals surface area contributed by atoms with E-state index in [0.29, 0.717) is 19.3 Å². The van der Waals surface area contributed by atoms with E-state index < -0.39 is 17.3 Å². The van der Waals surface area contributed by atoms with Crippen molar-refractivity contribution < 1.29 is 18.7 Å². The Bertz CT molecular complexity index is 271. The molecule has 2 nitrogen and oxygen atoms in total. The zero-order valence-electron chi connectivity index (χ0n) is 11.2. The molecule has 1 rings (SSSR count). The highest BCUT2D eigenvalue weighted by atomic mass is 19.3. The number of unbranched alkanes of at least 4 members (excludes halogenated alkanes) is 3. The molecular formula is C14H24F2O2. The van der Waals surface area contributed by atoms with Crippen LogP contribution in [0.15, 0.2) is 0 Å². The van der Waals surface area contributed by atoms with Crippen LogP contribution >= 0.6 is 0 Å². The van der Waals surface area contributed by atoms with Gasteiger partial charge in [-0.3, -0.25) is 4.79 Å². The van der Waals surface area contributed by atoms with E-state index in [1.165, 1.54) is 0 Å². The Labute approximate surface area is 108 Å². The van der Waals surface area contributed by atoms with E-state index in [9.17, 15) is 18.7 Å². The van der Waals surface area contributed by atoms with Crippen LogP contribution in [0.5, 0.6) is 0 Å². The molecule has 1 saturated carbocycles. The van der Waals surface area contributed by atoms with E-state index in [-0.39, 0.29) is 19.3 Å². The molecule has 0 atom stereocenters. The molecule has 0 aromatic heterocycles. The molecule has 0 spiro atoms. The summed E-state index contributed by atoms with van der Waals surface area (Å²) in [5.74, 6) is -4.65. The molecule has 1 N–H and O–H groups in total. The first-order valence-electron chi connectivity index (χ1n) is 7.07. The fraction of sp³-hybridized carbons (Fsp3) is 0.929. The van der Waals surface area contributed by atoms with Gasteiger partial charge in [-0.25, -0.2) is 0 Å². The number of hydrogen-bond donors (Lipinski definition) is 1. The number of carbonyl (C=O) groups excluding carboxylic acids is 1. The van der Waals surface area contributed by atoms with Gasteiger partial charge in [0, 0.05) is 6.42 Å². The number of ketones is 1. The Morgan fingerprint density at radius 2 is 1.78 bits per heavy atom. The Balaban J connectivity index is 2.52. The van der Waals surface area contributed by atoms with Gasteiger partial charge < -0.3 is 5.11 Å². The second-order valence-corrected chi connectivity index (χ2v) is 5.40. The normalized spacial score (nSPS) is 19.8. The van der Waals surface area contributed by atoms with Crippen molar-refractivity contribution in [2.24, 2.45) is 0 Å². The molecule has 1 fully saturated rings. The molecule has 0 saturated heterocycles. The maximum absolute atomic E-state index is 14.0. The van der Waals surface area contributed by atoms with Gasteiger partial charge >= 0.3 is 5.92 Å². The summed E-state index contributed by atoms with van der Waals surface area (Å²) < 4.78 is 28.0. The summed E-state index contributed by atoms with van der Waals surface area (Å²) in [6.07, 6.45) is 5.26. The van der Waals surface area contributed by atoms with Crippen molar-refractivity contribution in [1.29, 1.82) is 0 Å². The third-order valence-corrected chi connectivity index (χ3v) is 3.87. The van der Waals surface area contributed by atoms with Crippen LogP contribution in [0.3, 0.4) is 0 Å². The lowest BCUT2D eigenvalue weighted by molar-refractivity contribution is -0.199. The lowest BCUT2D eigenvalue weighted by Crippen LogP contribution is -2.54. The van der Waals surface area contributed by atoms with Gasteiger partial charge in [0.2, 0.25) is 5.78 Å². The second kappa shape index (κ2) is 6.60. The molecule has 0 bridgehead atoms. The Morgan fingerprint density at radius 3 is 2.33 bits per heavy atom. The molecule has 0 unspecified atom stereocenters. The van der Waals surface area contributed by atoms with E-state index in [4.69, 9.17) is 0 Å². The van der Waals surface area contributed by atoms with Gasteiger partial charge in [0.15, 0.2) is 0 Å². The second-order valence-electron chi connectivity index (χ2n) is 5.40. The van der Waals surface area contributed by atoms with Crippen molar-refractivity contribution >= 4 is 5.78 Å². The van der Waals surface area contributed by atoms with Crippen LogP contribution in [-0.4, -0.2) is 22.4 Å².